The summed E-state index contributed by atoms with van der Waals surface area (Å²) in [4.78, 5) is 18.2. The largest absolute Gasteiger partial charge is 0.497 e. The minimum atomic E-state index is -3.69. The van der Waals surface area contributed by atoms with E-state index in [9.17, 15) is 13.2 Å². The van der Waals surface area contributed by atoms with Crippen LogP contribution in [0.4, 0.5) is 5.69 Å². The topological polar surface area (TPSA) is 88.6 Å². The van der Waals surface area contributed by atoms with Crippen molar-refractivity contribution in [1.82, 2.24) is 9.71 Å². The van der Waals surface area contributed by atoms with E-state index >= 15 is 0 Å². The highest BCUT2D eigenvalue weighted by molar-refractivity contribution is 7.89. The predicted octanol–water partition coefficient (Wildman–Crippen LogP) is 2.57. The lowest BCUT2D eigenvalue weighted by atomic mass is 10.1. The molecular weight excluding hydrogens is 378 g/mol. The fourth-order valence-electron chi connectivity index (χ4n) is 2.88. The average Bonchev–Trinajstić information content (AvgIpc) is 2.71. The first-order valence-electron chi connectivity index (χ1n) is 8.68. The summed E-state index contributed by atoms with van der Waals surface area (Å²) >= 11 is 0. The molecule has 7 nitrogen and oxygen atoms in total. The quantitative estimate of drug-likeness (QED) is 0.660. The summed E-state index contributed by atoms with van der Waals surface area (Å²) < 4.78 is 32.5. The molecule has 0 fully saturated rings. The molecule has 0 bridgehead atoms. The number of carbonyl (C=O) groups excluding carboxylic acids is 1. The van der Waals surface area contributed by atoms with Crippen LogP contribution in [0.2, 0.25) is 0 Å². The molecule has 0 saturated heterocycles. The van der Waals surface area contributed by atoms with Crippen molar-refractivity contribution in [2.24, 2.45) is 0 Å². The monoisotopic (exact) mass is 399 g/mol. The van der Waals surface area contributed by atoms with Crippen molar-refractivity contribution in [1.29, 1.82) is 0 Å². The fourth-order valence-corrected chi connectivity index (χ4v) is 3.90. The number of pyridine rings is 1. The summed E-state index contributed by atoms with van der Waals surface area (Å²) in [5, 5.41) is 0.907. The van der Waals surface area contributed by atoms with Gasteiger partial charge in [0, 0.05) is 31.6 Å². The van der Waals surface area contributed by atoms with Crippen LogP contribution in [0.5, 0.6) is 5.75 Å². The molecule has 28 heavy (non-hydrogen) atoms. The molecule has 1 aromatic heterocycles. The Kier molecular flexibility index (Phi) is 5.91. The number of aromatic nitrogens is 1. The molecule has 0 spiro atoms. The van der Waals surface area contributed by atoms with Gasteiger partial charge in [-0.3, -0.25) is 9.78 Å². The number of anilines is 1. The Morgan fingerprint density at radius 3 is 2.50 bits per heavy atom. The van der Waals surface area contributed by atoms with E-state index in [0.29, 0.717) is 17.0 Å². The third-order valence-electron chi connectivity index (χ3n) is 4.28. The molecule has 0 radical (unpaired) electrons. The Labute approximate surface area is 164 Å². The second kappa shape index (κ2) is 8.37. The molecule has 1 N–H and O–H groups in total. The summed E-state index contributed by atoms with van der Waals surface area (Å²) in [6, 6.07) is 15.4. The molecule has 0 aliphatic heterocycles. The minimum absolute atomic E-state index is 0.0666. The van der Waals surface area contributed by atoms with Gasteiger partial charge in [0.2, 0.25) is 15.9 Å². The fraction of sp³-hybridized carbons (Fsp3) is 0.200. The van der Waals surface area contributed by atoms with Gasteiger partial charge < -0.3 is 9.64 Å². The molecule has 0 atom stereocenters. The Bertz CT molecular complexity index is 1080. The molecular formula is C20H21N3O4S. The molecule has 3 rings (SSSR count). The number of ether oxygens (including phenoxy) is 1. The standard InChI is InChI=1S/C20H21N3O4S/c1-15(24)23(19-7-3-5-16-6-4-12-21-20(16)19)14-13-22-28(25,26)18-10-8-17(27-2)9-11-18/h3-12,22H,13-14H2,1-2H3. The van der Waals surface area contributed by atoms with Crippen molar-refractivity contribution >= 4 is 32.5 Å². The Hall–Kier alpha value is -2.97. The highest BCUT2D eigenvalue weighted by atomic mass is 32.2. The Morgan fingerprint density at radius 1 is 1.11 bits per heavy atom. The zero-order valence-corrected chi connectivity index (χ0v) is 16.4. The number of nitrogens with zero attached hydrogens (tertiary/aromatic N) is 2. The van der Waals surface area contributed by atoms with Gasteiger partial charge in [-0.15, -0.1) is 0 Å². The van der Waals surface area contributed by atoms with E-state index in [-0.39, 0.29) is 23.9 Å². The number of sulfonamides is 1. The second-order valence-corrected chi connectivity index (χ2v) is 7.86. The van der Waals surface area contributed by atoms with Gasteiger partial charge in [0.1, 0.15) is 5.75 Å². The van der Waals surface area contributed by atoms with Gasteiger partial charge in [-0.2, -0.15) is 0 Å². The number of hydrogen-bond acceptors (Lipinski definition) is 5. The number of hydrogen-bond donors (Lipinski definition) is 1. The Balaban J connectivity index is 1.76. The molecule has 2 aromatic carbocycles. The van der Waals surface area contributed by atoms with Crippen molar-refractivity contribution in [2.75, 3.05) is 25.1 Å². The van der Waals surface area contributed by atoms with Gasteiger partial charge in [0.25, 0.3) is 0 Å². The molecule has 0 aliphatic carbocycles. The molecule has 0 aliphatic rings. The third kappa shape index (κ3) is 4.29. The number of amides is 1. The summed E-state index contributed by atoms with van der Waals surface area (Å²) in [7, 11) is -2.18. The molecule has 146 valence electrons. The van der Waals surface area contributed by atoms with Gasteiger partial charge in [0.15, 0.2) is 0 Å². The summed E-state index contributed by atoms with van der Waals surface area (Å²) in [6.45, 7) is 1.69. The first kappa shape index (κ1) is 19.8. The SMILES string of the molecule is COc1ccc(S(=O)(=O)NCCN(C(C)=O)c2cccc3cccnc23)cc1. The smallest absolute Gasteiger partial charge is 0.240 e. The summed E-state index contributed by atoms with van der Waals surface area (Å²) in [6.07, 6.45) is 1.66. The van der Waals surface area contributed by atoms with Crippen molar-refractivity contribution in [2.45, 2.75) is 11.8 Å². The van der Waals surface area contributed by atoms with E-state index < -0.39 is 10.0 Å². The lowest BCUT2D eigenvalue weighted by molar-refractivity contribution is -0.116. The zero-order valence-electron chi connectivity index (χ0n) is 15.6. The minimum Gasteiger partial charge on any atom is -0.497 e. The molecule has 8 heteroatoms. The molecule has 0 unspecified atom stereocenters. The van der Waals surface area contributed by atoms with Crippen molar-refractivity contribution in [3.63, 3.8) is 0 Å². The highest BCUT2D eigenvalue weighted by Gasteiger charge is 2.18. The van der Waals surface area contributed by atoms with Crippen LogP contribution in [0.25, 0.3) is 10.9 Å². The van der Waals surface area contributed by atoms with Crippen LogP contribution in [-0.2, 0) is 14.8 Å². The van der Waals surface area contributed by atoms with Crippen LogP contribution in [0, 0.1) is 0 Å². The maximum absolute atomic E-state index is 12.5. The van der Waals surface area contributed by atoms with E-state index in [1.54, 1.807) is 24.4 Å². The third-order valence-corrected chi connectivity index (χ3v) is 5.76. The maximum Gasteiger partial charge on any atom is 0.240 e. The average molecular weight is 399 g/mol. The number of methoxy groups -OCH3 is 1. The zero-order chi connectivity index (χ0) is 20.1. The van der Waals surface area contributed by atoms with Gasteiger partial charge in [0.05, 0.1) is 23.2 Å². The van der Waals surface area contributed by atoms with Crippen LogP contribution in [0.15, 0.2) is 65.7 Å². The van der Waals surface area contributed by atoms with E-state index in [0.717, 1.165) is 5.39 Å². The summed E-state index contributed by atoms with van der Waals surface area (Å²) in [5.41, 5.74) is 1.34. The van der Waals surface area contributed by atoms with Crippen molar-refractivity contribution in [3.8, 4) is 5.75 Å². The summed E-state index contributed by atoms with van der Waals surface area (Å²) in [5.74, 6) is 0.381. The molecule has 1 heterocycles. The number of fused-ring (bicyclic) bond motifs is 1. The first-order valence-corrected chi connectivity index (χ1v) is 10.2. The predicted molar refractivity (Wildman–Crippen MR) is 108 cm³/mol. The number of rotatable bonds is 7. The van der Waals surface area contributed by atoms with Crippen LogP contribution in [0.3, 0.4) is 0 Å². The van der Waals surface area contributed by atoms with Crippen LogP contribution in [-0.4, -0.2) is 39.5 Å². The number of carbonyl (C=O) groups is 1. The Morgan fingerprint density at radius 2 is 1.82 bits per heavy atom. The van der Waals surface area contributed by atoms with E-state index in [1.165, 1.54) is 31.1 Å². The van der Waals surface area contributed by atoms with Crippen molar-refractivity contribution < 1.29 is 17.9 Å². The number of nitrogens with one attached hydrogen (secondary N) is 1. The van der Waals surface area contributed by atoms with Crippen molar-refractivity contribution in [3.05, 3.63) is 60.8 Å². The van der Waals surface area contributed by atoms with Gasteiger partial charge in [-0.25, -0.2) is 13.1 Å². The highest BCUT2D eigenvalue weighted by Crippen LogP contribution is 2.24. The molecule has 0 saturated carbocycles. The van der Waals surface area contributed by atoms with Crippen LogP contribution < -0.4 is 14.4 Å². The lowest BCUT2D eigenvalue weighted by Crippen LogP contribution is -2.37. The maximum atomic E-state index is 12.5. The lowest BCUT2D eigenvalue weighted by Gasteiger charge is -2.22. The van der Waals surface area contributed by atoms with E-state index in [4.69, 9.17) is 4.74 Å². The van der Waals surface area contributed by atoms with Gasteiger partial charge >= 0.3 is 0 Å². The molecule has 1 amide bonds. The normalized spacial score (nSPS) is 11.4. The van der Waals surface area contributed by atoms with Crippen LogP contribution >= 0.6 is 0 Å². The van der Waals surface area contributed by atoms with E-state index in [1.807, 2.05) is 24.3 Å². The second-order valence-electron chi connectivity index (χ2n) is 6.10. The number of benzene rings is 2. The molecule has 3 aromatic rings. The number of para-hydroxylation sites is 1. The van der Waals surface area contributed by atoms with Gasteiger partial charge in [-0.05, 0) is 36.4 Å². The van der Waals surface area contributed by atoms with Gasteiger partial charge in [-0.1, -0.05) is 18.2 Å². The first-order chi connectivity index (χ1) is 13.4. The van der Waals surface area contributed by atoms with E-state index in [2.05, 4.69) is 9.71 Å². The van der Waals surface area contributed by atoms with Crippen LogP contribution in [0.1, 0.15) is 6.92 Å².